The van der Waals surface area contributed by atoms with Crippen molar-refractivity contribution in [1.82, 2.24) is 10.3 Å². The number of carbonyl (C=O) groups is 1. The molecule has 0 radical (unpaired) electrons. The zero-order chi connectivity index (χ0) is 16.9. The number of rotatable bonds is 4. The highest BCUT2D eigenvalue weighted by Gasteiger charge is 2.54. The lowest BCUT2D eigenvalue weighted by atomic mass is 9.49. The van der Waals surface area contributed by atoms with Crippen molar-refractivity contribution in [3.8, 4) is 0 Å². The Labute approximate surface area is 147 Å². The van der Waals surface area contributed by atoms with Gasteiger partial charge >= 0.3 is 0 Å². The van der Waals surface area contributed by atoms with Crippen molar-refractivity contribution in [3.63, 3.8) is 0 Å². The van der Waals surface area contributed by atoms with E-state index in [0.29, 0.717) is 17.8 Å². The highest BCUT2D eigenvalue weighted by molar-refractivity contribution is 7.89. The summed E-state index contributed by atoms with van der Waals surface area (Å²) >= 11 is 5.95. The van der Waals surface area contributed by atoms with Gasteiger partial charge in [0.2, 0.25) is 5.91 Å². The van der Waals surface area contributed by atoms with E-state index in [1.807, 2.05) is 0 Å². The molecule has 1 amide bonds. The maximum Gasteiger partial charge on any atom is 0.258 e. The van der Waals surface area contributed by atoms with Crippen LogP contribution in [0.15, 0.2) is 29.2 Å². The summed E-state index contributed by atoms with van der Waals surface area (Å²) in [6, 6.07) is 6.19. The average molecular weight is 369 g/mol. The Kier molecular flexibility index (Phi) is 3.90. The Morgan fingerprint density at radius 1 is 1.04 bits per heavy atom. The zero-order valence-corrected chi connectivity index (χ0v) is 14.9. The molecule has 0 aromatic heterocycles. The molecule has 4 aliphatic carbocycles. The summed E-state index contributed by atoms with van der Waals surface area (Å²) in [7, 11) is -3.87. The lowest BCUT2D eigenvalue weighted by molar-refractivity contribution is -0.146. The largest absolute Gasteiger partial charge is 0.277 e. The van der Waals surface area contributed by atoms with Gasteiger partial charge in [-0.3, -0.25) is 10.2 Å². The second kappa shape index (κ2) is 5.71. The summed E-state index contributed by atoms with van der Waals surface area (Å²) in [5, 5.41) is 0.133. The SMILES string of the molecule is O=C(NNS(=O)(=O)c1ccccc1Cl)C12CC3CC(CC(C3)C1)C2. The topological polar surface area (TPSA) is 75.3 Å². The van der Waals surface area contributed by atoms with E-state index >= 15 is 0 Å². The summed E-state index contributed by atoms with van der Waals surface area (Å²) in [5.41, 5.74) is 2.08. The van der Waals surface area contributed by atoms with E-state index in [2.05, 4.69) is 10.3 Å². The molecule has 4 saturated carbocycles. The first-order valence-corrected chi connectivity index (χ1v) is 10.3. The molecule has 0 atom stereocenters. The molecule has 0 heterocycles. The van der Waals surface area contributed by atoms with Crippen molar-refractivity contribution in [2.45, 2.75) is 43.4 Å². The van der Waals surface area contributed by atoms with Crippen LogP contribution < -0.4 is 10.3 Å². The van der Waals surface area contributed by atoms with Crippen LogP contribution in [0.3, 0.4) is 0 Å². The first-order valence-electron chi connectivity index (χ1n) is 8.45. The molecule has 2 N–H and O–H groups in total. The molecular formula is C17H21ClN2O3S. The van der Waals surface area contributed by atoms with Gasteiger partial charge in [-0.2, -0.15) is 0 Å². The maximum absolute atomic E-state index is 12.8. The van der Waals surface area contributed by atoms with Gasteiger partial charge in [-0.15, -0.1) is 4.83 Å². The minimum absolute atomic E-state index is 0.0301. The van der Waals surface area contributed by atoms with Crippen LogP contribution in [0.25, 0.3) is 0 Å². The molecule has 1 aromatic rings. The summed E-state index contributed by atoms with van der Waals surface area (Å²) < 4.78 is 24.7. The molecule has 0 spiro atoms. The number of hydrogen-bond donors (Lipinski definition) is 2. The molecular weight excluding hydrogens is 348 g/mol. The zero-order valence-electron chi connectivity index (χ0n) is 13.3. The van der Waals surface area contributed by atoms with Crippen LogP contribution in [-0.2, 0) is 14.8 Å². The van der Waals surface area contributed by atoms with E-state index in [0.717, 1.165) is 19.3 Å². The van der Waals surface area contributed by atoms with Crippen LogP contribution in [0.1, 0.15) is 38.5 Å². The van der Waals surface area contributed by atoms with Crippen molar-refractivity contribution in [1.29, 1.82) is 0 Å². The first kappa shape index (κ1) is 16.4. The lowest BCUT2D eigenvalue weighted by Crippen LogP contribution is -2.56. The predicted octanol–water partition coefficient (Wildman–Crippen LogP) is 2.87. The summed E-state index contributed by atoms with van der Waals surface area (Å²) in [6.07, 6.45) is 6.36. The highest BCUT2D eigenvalue weighted by atomic mass is 35.5. The monoisotopic (exact) mass is 368 g/mol. The van der Waals surface area contributed by atoms with Gasteiger partial charge in [0.05, 0.1) is 10.4 Å². The minimum atomic E-state index is -3.87. The van der Waals surface area contributed by atoms with Crippen molar-refractivity contribution in [3.05, 3.63) is 29.3 Å². The smallest absolute Gasteiger partial charge is 0.258 e. The second-order valence-corrected chi connectivity index (χ2v) is 9.75. The van der Waals surface area contributed by atoms with E-state index < -0.39 is 15.4 Å². The van der Waals surface area contributed by atoms with Crippen LogP contribution >= 0.6 is 11.6 Å². The van der Waals surface area contributed by atoms with Gasteiger partial charge in [0.25, 0.3) is 10.0 Å². The fraction of sp³-hybridized carbons (Fsp3) is 0.588. The van der Waals surface area contributed by atoms with Crippen LogP contribution in [0.4, 0.5) is 0 Å². The molecule has 4 aliphatic rings. The van der Waals surface area contributed by atoms with Gasteiger partial charge in [0.1, 0.15) is 4.90 Å². The Morgan fingerprint density at radius 2 is 1.58 bits per heavy atom. The molecule has 0 aliphatic heterocycles. The molecule has 0 unspecified atom stereocenters. The quantitative estimate of drug-likeness (QED) is 0.802. The first-order chi connectivity index (χ1) is 11.4. The van der Waals surface area contributed by atoms with Crippen LogP contribution in [-0.4, -0.2) is 14.3 Å². The number of sulfonamides is 1. The molecule has 1 aromatic carbocycles. The highest BCUT2D eigenvalue weighted by Crippen LogP contribution is 2.60. The number of benzene rings is 1. The third-order valence-corrected chi connectivity index (χ3v) is 7.69. The molecule has 7 heteroatoms. The predicted molar refractivity (Wildman–Crippen MR) is 90.5 cm³/mol. The number of carbonyl (C=O) groups excluding carboxylic acids is 1. The van der Waals surface area contributed by atoms with Gasteiger partial charge in [0, 0.05) is 0 Å². The number of amides is 1. The third kappa shape index (κ3) is 2.74. The number of hydrazine groups is 1. The lowest BCUT2D eigenvalue weighted by Gasteiger charge is -2.55. The second-order valence-electron chi connectivity index (χ2n) is 7.69. The fourth-order valence-electron chi connectivity index (χ4n) is 5.35. The molecule has 24 heavy (non-hydrogen) atoms. The normalized spacial score (nSPS) is 34.3. The number of halogens is 1. The maximum atomic E-state index is 12.8. The van der Waals surface area contributed by atoms with E-state index in [4.69, 9.17) is 11.6 Å². The van der Waals surface area contributed by atoms with Gasteiger partial charge in [-0.05, 0) is 68.4 Å². The Bertz CT molecular complexity index is 743. The van der Waals surface area contributed by atoms with Crippen LogP contribution in [0.5, 0.6) is 0 Å². The average Bonchev–Trinajstić information content (AvgIpc) is 2.51. The molecule has 5 nitrogen and oxygen atoms in total. The number of nitrogens with one attached hydrogen (secondary N) is 2. The summed E-state index contributed by atoms with van der Waals surface area (Å²) in [4.78, 5) is 15.0. The Balaban J connectivity index is 1.48. The van der Waals surface area contributed by atoms with Crippen molar-refractivity contribution in [2.75, 3.05) is 0 Å². The summed E-state index contributed by atoms with van der Waals surface area (Å²) in [5.74, 6) is 1.70. The van der Waals surface area contributed by atoms with Gasteiger partial charge in [0.15, 0.2) is 0 Å². The van der Waals surface area contributed by atoms with E-state index in [1.54, 1.807) is 12.1 Å². The van der Waals surface area contributed by atoms with Crippen LogP contribution in [0, 0.1) is 23.2 Å². The van der Waals surface area contributed by atoms with Crippen molar-refractivity contribution >= 4 is 27.5 Å². The van der Waals surface area contributed by atoms with Gasteiger partial charge < -0.3 is 0 Å². The summed E-state index contributed by atoms with van der Waals surface area (Å²) in [6.45, 7) is 0. The van der Waals surface area contributed by atoms with Gasteiger partial charge in [-0.1, -0.05) is 23.7 Å². The van der Waals surface area contributed by atoms with Crippen molar-refractivity contribution < 1.29 is 13.2 Å². The fourth-order valence-corrected chi connectivity index (χ4v) is 6.71. The van der Waals surface area contributed by atoms with E-state index in [-0.39, 0.29) is 15.8 Å². The van der Waals surface area contributed by atoms with Crippen molar-refractivity contribution in [2.24, 2.45) is 23.2 Å². The molecule has 130 valence electrons. The van der Waals surface area contributed by atoms with E-state index in [9.17, 15) is 13.2 Å². The Morgan fingerprint density at radius 3 is 2.12 bits per heavy atom. The number of hydrogen-bond acceptors (Lipinski definition) is 3. The minimum Gasteiger partial charge on any atom is -0.277 e. The molecule has 4 bridgehead atoms. The molecule has 4 fully saturated rings. The van der Waals surface area contributed by atoms with Crippen LogP contribution in [0.2, 0.25) is 5.02 Å². The standard InChI is InChI=1S/C17H21ClN2O3S/c18-14-3-1-2-4-15(14)24(22,23)20-19-16(21)17-8-11-5-12(9-17)7-13(6-11)10-17/h1-4,11-13,20H,5-10H2,(H,19,21). The molecule has 5 rings (SSSR count). The molecule has 0 saturated heterocycles. The van der Waals surface area contributed by atoms with E-state index in [1.165, 1.54) is 31.4 Å². The third-order valence-electron chi connectivity index (χ3n) is 5.95. The Hall–Kier alpha value is -1.11. The van der Waals surface area contributed by atoms with Gasteiger partial charge in [-0.25, -0.2) is 8.42 Å².